The number of nitrogens with one attached hydrogen (secondary N) is 2. The third kappa shape index (κ3) is 5.31. The number of methoxy groups -OCH3 is 1. The van der Waals surface area contributed by atoms with Crippen LogP contribution in [0.5, 0.6) is 5.75 Å². The number of H-pyrrole nitrogens is 1. The number of urea groups is 1. The fraction of sp³-hybridized carbons (Fsp3) is 0.385. The summed E-state index contributed by atoms with van der Waals surface area (Å²) in [5.74, 6) is 0.689. The first-order valence-electron chi connectivity index (χ1n) is 11.3. The standard InChI is InChI=1S/C26H31N3O3/c1-18-8-10-19(11-9-18)16-29(26(31)27-22-6-4-3-5-7-22)17-21-14-20-12-13-23(32-2)15-24(20)28-25(21)30/h8-15,22H,3-7,16-17H2,1-2H3,(H,27,31)(H,28,30). The van der Waals surface area contributed by atoms with Crippen molar-refractivity contribution < 1.29 is 9.53 Å². The summed E-state index contributed by atoms with van der Waals surface area (Å²) in [6.07, 6.45) is 5.56. The topological polar surface area (TPSA) is 74.4 Å². The molecule has 0 spiro atoms. The van der Waals surface area contributed by atoms with Gasteiger partial charge in [0.05, 0.1) is 19.2 Å². The van der Waals surface area contributed by atoms with Crippen molar-refractivity contribution in [1.82, 2.24) is 15.2 Å². The minimum atomic E-state index is -0.190. The van der Waals surface area contributed by atoms with E-state index in [1.54, 1.807) is 18.1 Å². The number of ether oxygens (including phenoxy) is 1. The summed E-state index contributed by atoms with van der Waals surface area (Å²) in [5.41, 5.74) is 3.30. The number of aromatic nitrogens is 1. The summed E-state index contributed by atoms with van der Waals surface area (Å²) in [7, 11) is 1.60. The zero-order valence-corrected chi connectivity index (χ0v) is 18.8. The van der Waals surface area contributed by atoms with Gasteiger partial charge in [-0.25, -0.2) is 4.79 Å². The monoisotopic (exact) mass is 433 g/mol. The molecule has 1 aliphatic rings. The van der Waals surface area contributed by atoms with E-state index in [1.165, 1.54) is 12.0 Å². The van der Waals surface area contributed by atoms with Crippen molar-refractivity contribution in [2.75, 3.05) is 7.11 Å². The molecule has 2 N–H and O–H groups in total. The van der Waals surface area contributed by atoms with Crippen LogP contribution in [0.25, 0.3) is 10.9 Å². The van der Waals surface area contributed by atoms with Crippen LogP contribution < -0.4 is 15.6 Å². The molecule has 6 heteroatoms. The first kappa shape index (κ1) is 21.9. The molecule has 1 saturated carbocycles. The lowest BCUT2D eigenvalue weighted by molar-refractivity contribution is 0.184. The summed E-state index contributed by atoms with van der Waals surface area (Å²) in [6, 6.07) is 15.7. The van der Waals surface area contributed by atoms with Gasteiger partial charge >= 0.3 is 6.03 Å². The molecule has 0 aliphatic heterocycles. The van der Waals surface area contributed by atoms with Gasteiger partial charge in [0.1, 0.15) is 5.75 Å². The first-order valence-corrected chi connectivity index (χ1v) is 11.3. The van der Waals surface area contributed by atoms with Gasteiger partial charge < -0.3 is 19.9 Å². The molecule has 2 aromatic carbocycles. The van der Waals surface area contributed by atoms with Crippen LogP contribution in [0.2, 0.25) is 0 Å². The summed E-state index contributed by atoms with van der Waals surface area (Å²) < 4.78 is 5.25. The lowest BCUT2D eigenvalue weighted by Crippen LogP contribution is -2.45. The highest BCUT2D eigenvalue weighted by atomic mass is 16.5. The maximum atomic E-state index is 13.2. The highest BCUT2D eigenvalue weighted by Gasteiger charge is 2.21. The van der Waals surface area contributed by atoms with Crippen LogP contribution in [0.15, 0.2) is 53.3 Å². The molecule has 0 atom stereocenters. The maximum Gasteiger partial charge on any atom is 0.318 e. The molecule has 168 valence electrons. The van der Waals surface area contributed by atoms with Crippen LogP contribution in [0, 0.1) is 6.92 Å². The van der Waals surface area contributed by atoms with Gasteiger partial charge in [-0.1, -0.05) is 49.1 Å². The van der Waals surface area contributed by atoms with E-state index in [0.29, 0.717) is 17.9 Å². The van der Waals surface area contributed by atoms with Gasteiger partial charge in [0, 0.05) is 24.2 Å². The second kappa shape index (κ2) is 9.90. The maximum absolute atomic E-state index is 13.2. The average molecular weight is 434 g/mol. The SMILES string of the molecule is COc1ccc2cc(CN(Cc3ccc(C)cc3)C(=O)NC3CCCCC3)c(=O)[nH]c2c1. The van der Waals surface area contributed by atoms with Crippen LogP contribution >= 0.6 is 0 Å². The fourth-order valence-corrected chi connectivity index (χ4v) is 4.30. The smallest absolute Gasteiger partial charge is 0.318 e. The lowest BCUT2D eigenvalue weighted by Gasteiger charge is -2.28. The minimum Gasteiger partial charge on any atom is -0.497 e. The molecule has 4 rings (SSSR count). The highest BCUT2D eigenvalue weighted by molar-refractivity contribution is 5.80. The summed E-state index contributed by atoms with van der Waals surface area (Å²) in [6.45, 7) is 2.73. The zero-order chi connectivity index (χ0) is 22.5. The van der Waals surface area contributed by atoms with Crippen molar-refractivity contribution in [3.05, 3.63) is 75.6 Å². The number of carbonyl (C=O) groups excluding carboxylic acids is 1. The number of nitrogens with zero attached hydrogens (tertiary/aromatic N) is 1. The molecular formula is C26H31N3O3. The van der Waals surface area contributed by atoms with Crippen LogP contribution in [0.1, 0.15) is 48.8 Å². The molecule has 32 heavy (non-hydrogen) atoms. The van der Waals surface area contributed by atoms with Crippen molar-refractivity contribution in [3.63, 3.8) is 0 Å². The van der Waals surface area contributed by atoms with E-state index in [9.17, 15) is 9.59 Å². The van der Waals surface area contributed by atoms with Gasteiger partial charge in [-0.05, 0) is 48.9 Å². The van der Waals surface area contributed by atoms with Crippen molar-refractivity contribution in [2.24, 2.45) is 0 Å². The Morgan fingerprint density at radius 1 is 1.06 bits per heavy atom. The predicted molar refractivity (Wildman–Crippen MR) is 127 cm³/mol. The number of benzene rings is 2. The van der Waals surface area contributed by atoms with Gasteiger partial charge in [0.2, 0.25) is 0 Å². The molecule has 6 nitrogen and oxygen atoms in total. The Morgan fingerprint density at radius 3 is 2.53 bits per heavy atom. The largest absolute Gasteiger partial charge is 0.497 e. The molecule has 1 heterocycles. The van der Waals surface area contributed by atoms with Crippen molar-refractivity contribution >= 4 is 16.9 Å². The van der Waals surface area contributed by atoms with Gasteiger partial charge in [-0.3, -0.25) is 4.79 Å². The van der Waals surface area contributed by atoms with Crippen LogP contribution in [0.4, 0.5) is 4.79 Å². The number of aryl methyl sites for hydroxylation is 1. The molecule has 2 amide bonds. The van der Waals surface area contributed by atoms with Crippen LogP contribution in [0.3, 0.4) is 0 Å². The van der Waals surface area contributed by atoms with Gasteiger partial charge in [-0.15, -0.1) is 0 Å². The third-order valence-corrected chi connectivity index (χ3v) is 6.21. The number of pyridine rings is 1. The number of carbonyl (C=O) groups is 1. The van der Waals surface area contributed by atoms with E-state index in [4.69, 9.17) is 4.74 Å². The molecule has 0 bridgehead atoms. The normalized spacial score (nSPS) is 14.3. The van der Waals surface area contributed by atoms with E-state index in [0.717, 1.165) is 42.1 Å². The average Bonchev–Trinajstić information content (AvgIpc) is 2.80. The molecule has 1 aromatic heterocycles. The Morgan fingerprint density at radius 2 is 1.81 bits per heavy atom. The predicted octanol–water partition coefficient (Wildman–Crippen LogP) is 4.89. The zero-order valence-electron chi connectivity index (χ0n) is 18.8. The highest BCUT2D eigenvalue weighted by Crippen LogP contribution is 2.21. The molecule has 0 radical (unpaired) electrons. The van der Waals surface area contributed by atoms with E-state index in [-0.39, 0.29) is 24.2 Å². The Balaban J connectivity index is 1.59. The van der Waals surface area contributed by atoms with E-state index in [2.05, 4.69) is 10.3 Å². The van der Waals surface area contributed by atoms with E-state index in [1.807, 2.05) is 49.4 Å². The van der Waals surface area contributed by atoms with Crippen molar-refractivity contribution in [2.45, 2.75) is 58.2 Å². The number of amides is 2. The van der Waals surface area contributed by atoms with Gasteiger partial charge in [0.25, 0.3) is 5.56 Å². The fourth-order valence-electron chi connectivity index (χ4n) is 4.30. The number of rotatable bonds is 6. The Hall–Kier alpha value is -3.28. The van der Waals surface area contributed by atoms with E-state index < -0.39 is 0 Å². The Labute approximate surface area is 188 Å². The molecule has 0 unspecified atom stereocenters. The van der Waals surface area contributed by atoms with Crippen molar-refractivity contribution in [1.29, 1.82) is 0 Å². The number of hydrogen-bond acceptors (Lipinski definition) is 3. The first-order chi connectivity index (χ1) is 15.5. The van der Waals surface area contributed by atoms with Crippen LogP contribution in [-0.2, 0) is 13.1 Å². The summed E-state index contributed by atoms with van der Waals surface area (Å²) in [4.78, 5) is 30.7. The molecule has 3 aromatic rings. The number of hydrogen-bond donors (Lipinski definition) is 2. The second-order valence-corrected chi connectivity index (χ2v) is 8.70. The molecule has 1 aliphatic carbocycles. The summed E-state index contributed by atoms with van der Waals surface area (Å²) in [5, 5.41) is 4.11. The van der Waals surface area contributed by atoms with Crippen LogP contribution in [-0.4, -0.2) is 29.1 Å². The number of fused-ring (bicyclic) bond motifs is 1. The number of aromatic amines is 1. The van der Waals surface area contributed by atoms with Gasteiger partial charge in [0.15, 0.2) is 0 Å². The minimum absolute atomic E-state index is 0.119. The quantitative estimate of drug-likeness (QED) is 0.581. The molecule has 0 saturated heterocycles. The van der Waals surface area contributed by atoms with Gasteiger partial charge in [-0.2, -0.15) is 0 Å². The molecule has 1 fully saturated rings. The van der Waals surface area contributed by atoms with E-state index >= 15 is 0 Å². The summed E-state index contributed by atoms with van der Waals surface area (Å²) >= 11 is 0. The lowest BCUT2D eigenvalue weighted by atomic mass is 9.96. The van der Waals surface area contributed by atoms with Crippen molar-refractivity contribution in [3.8, 4) is 5.75 Å². The Kier molecular flexibility index (Phi) is 6.78. The third-order valence-electron chi connectivity index (χ3n) is 6.21. The Bertz CT molecular complexity index is 1130. The second-order valence-electron chi connectivity index (χ2n) is 8.70. The molecular weight excluding hydrogens is 402 g/mol.